The Morgan fingerprint density at radius 1 is 1.17 bits per heavy atom. The number of morpholine rings is 1. The Labute approximate surface area is 140 Å². The Kier molecular flexibility index (Phi) is 4.29. The van der Waals surface area contributed by atoms with Crippen LogP contribution in [0.4, 0.5) is 5.95 Å². The number of anilines is 1. The first-order valence-corrected chi connectivity index (χ1v) is 9.17. The van der Waals surface area contributed by atoms with Gasteiger partial charge in [0.25, 0.3) is 0 Å². The molecule has 2 aromatic heterocycles. The molecule has 0 N–H and O–H groups in total. The van der Waals surface area contributed by atoms with E-state index in [0.29, 0.717) is 0 Å². The molecule has 0 atom stereocenters. The van der Waals surface area contributed by atoms with Gasteiger partial charge >= 0.3 is 0 Å². The summed E-state index contributed by atoms with van der Waals surface area (Å²) in [6.45, 7) is 5.81. The van der Waals surface area contributed by atoms with Gasteiger partial charge in [0.05, 0.1) is 18.8 Å². The van der Waals surface area contributed by atoms with E-state index < -0.39 is 0 Å². The molecule has 2 fully saturated rings. The molecule has 0 amide bonds. The van der Waals surface area contributed by atoms with E-state index in [-0.39, 0.29) is 5.60 Å². The molecule has 0 aromatic carbocycles. The molecule has 4 heterocycles. The minimum Gasteiger partial charge on any atom is -0.371 e. The van der Waals surface area contributed by atoms with Crippen molar-refractivity contribution in [1.82, 2.24) is 14.9 Å². The van der Waals surface area contributed by atoms with Gasteiger partial charge < -0.3 is 9.64 Å². The lowest BCUT2D eigenvalue weighted by Crippen LogP contribution is -2.57. The van der Waals surface area contributed by atoms with Gasteiger partial charge in [-0.05, 0) is 41.3 Å². The van der Waals surface area contributed by atoms with Crippen LogP contribution in [0.3, 0.4) is 0 Å². The van der Waals surface area contributed by atoms with Crippen LogP contribution in [-0.4, -0.2) is 53.3 Å². The van der Waals surface area contributed by atoms with Crippen LogP contribution in [0.25, 0.3) is 0 Å². The summed E-state index contributed by atoms with van der Waals surface area (Å²) in [6.07, 6.45) is 5.79. The maximum absolute atomic E-state index is 6.22. The van der Waals surface area contributed by atoms with E-state index in [1.807, 2.05) is 18.5 Å². The first kappa shape index (κ1) is 15.1. The monoisotopic (exact) mass is 330 g/mol. The fourth-order valence-corrected chi connectivity index (χ4v) is 4.19. The zero-order valence-corrected chi connectivity index (χ0v) is 14.0. The molecule has 2 aliphatic rings. The zero-order chi connectivity index (χ0) is 15.5. The number of aromatic nitrogens is 2. The Morgan fingerprint density at radius 3 is 2.74 bits per heavy atom. The number of thiophene rings is 1. The molecular weight excluding hydrogens is 308 g/mol. The van der Waals surface area contributed by atoms with Gasteiger partial charge in [-0.1, -0.05) is 0 Å². The first-order chi connectivity index (χ1) is 11.3. The van der Waals surface area contributed by atoms with Crippen molar-refractivity contribution >= 4 is 17.3 Å². The van der Waals surface area contributed by atoms with Gasteiger partial charge in [-0.3, -0.25) is 4.90 Å². The summed E-state index contributed by atoms with van der Waals surface area (Å²) in [5.74, 6) is 0.830. The number of piperidine rings is 1. The predicted molar refractivity (Wildman–Crippen MR) is 91.8 cm³/mol. The molecule has 122 valence electrons. The van der Waals surface area contributed by atoms with Crippen molar-refractivity contribution in [2.45, 2.75) is 25.0 Å². The summed E-state index contributed by atoms with van der Waals surface area (Å²) in [5, 5.41) is 4.40. The summed E-state index contributed by atoms with van der Waals surface area (Å²) in [5.41, 5.74) is 1.40. The van der Waals surface area contributed by atoms with Crippen LogP contribution in [0.2, 0.25) is 0 Å². The Hall–Kier alpha value is -1.50. The minimum absolute atomic E-state index is 0.0252. The van der Waals surface area contributed by atoms with Gasteiger partial charge in [-0.2, -0.15) is 11.3 Å². The Morgan fingerprint density at radius 2 is 2.00 bits per heavy atom. The SMILES string of the molecule is c1cnc(N2CCOC3(CCN(Cc4ccsc4)CC3)C2)nc1. The van der Waals surface area contributed by atoms with Gasteiger partial charge in [-0.15, -0.1) is 0 Å². The van der Waals surface area contributed by atoms with Crippen molar-refractivity contribution in [3.8, 4) is 0 Å². The standard InChI is InChI=1S/C17H22N4OS/c1-5-18-16(19-6-1)21-9-10-22-17(14-21)3-7-20(8-4-17)12-15-2-11-23-13-15/h1-2,5-6,11,13H,3-4,7-10,12,14H2. The summed E-state index contributed by atoms with van der Waals surface area (Å²) in [6, 6.07) is 4.09. The van der Waals surface area contributed by atoms with Crippen LogP contribution in [0.15, 0.2) is 35.3 Å². The smallest absolute Gasteiger partial charge is 0.225 e. The maximum Gasteiger partial charge on any atom is 0.225 e. The third-order valence-electron chi connectivity index (χ3n) is 4.84. The number of ether oxygens (including phenoxy) is 1. The van der Waals surface area contributed by atoms with E-state index >= 15 is 0 Å². The average Bonchev–Trinajstić information content (AvgIpc) is 3.11. The normalized spacial score (nSPS) is 21.7. The largest absolute Gasteiger partial charge is 0.371 e. The van der Waals surface area contributed by atoms with Crippen molar-refractivity contribution in [2.24, 2.45) is 0 Å². The van der Waals surface area contributed by atoms with Crippen molar-refractivity contribution in [1.29, 1.82) is 0 Å². The molecular formula is C17H22N4OS. The fraction of sp³-hybridized carbons (Fsp3) is 0.529. The summed E-state index contributed by atoms with van der Waals surface area (Å²) in [4.78, 5) is 13.6. The van der Waals surface area contributed by atoms with E-state index in [1.54, 1.807) is 11.3 Å². The lowest BCUT2D eigenvalue weighted by Gasteiger charge is -2.47. The van der Waals surface area contributed by atoms with Crippen molar-refractivity contribution < 1.29 is 4.74 Å². The van der Waals surface area contributed by atoms with Crippen LogP contribution < -0.4 is 4.90 Å². The van der Waals surface area contributed by atoms with Gasteiger partial charge in [-0.25, -0.2) is 9.97 Å². The molecule has 0 bridgehead atoms. The highest BCUT2D eigenvalue weighted by Crippen LogP contribution is 2.31. The van der Waals surface area contributed by atoms with E-state index in [2.05, 4.69) is 36.6 Å². The molecule has 4 rings (SSSR count). The van der Waals surface area contributed by atoms with Crippen LogP contribution in [-0.2, 0) is 11.3 Å². The molecule has 2 aliphatic heterocycles. The number of likely N-dealkylation sites (tertiary alicyclic amines) is 1. The quantitative estimate of drug-likeness (QED) is 0.864. The molecule has 2 saturated heterocycles. The minimum atomic E-state index is -0.0252. The number of rotatable bonds is 3. The lowest BCUT2D eigenvalue weighted by molar-refractivity contribution is -0.0924. The van der Waals surface area contributed by atoms with Gasteiger partial charge in [0.2, 0.25) is 5.95 Å². The van der Waals surface area contributed by atoms with E-state index in [9.17, 15) is 0 Å². The van der Waals surface area contributed by atoms with E-state index in [4.69, 9.17) is 4.74 Å². The zero-order valence-electron chi connectivity index (χ0n) is 13.2. The van der Waals surface area contributed by atoms with Crippen LogP contribution >= 0.6 is 11.3 Å². The van der Waals surface area contributed by atoms with Crippen LogP contribution in [0.5, 0.6) is 0 Å². The molecule has 6 heteroatoms. The van der Waals surface area contributed by atoms with Crippen molar-refractivity contribution in [3.05, 3.63) is 40.8 Å². The molecule has 23 heavy (non-hydrogen) atoms. The van der Waals surface area contributed by atoms with Gasteiger partial charge in [0.1, 0.15) is 0 Å². The van der Waals surface area contributed by atoms with E-state index in [1.165, 1.54) is 5.56 Å². The number of hydrogen-bond donors (Lipinski definition) is 0. The summed E-state index contributed by atoms with van der Waals surface area (Å²) in [7, 11) is 0. The first-order valence-electron chi connectivity index (χ1n) is 8.22. The van der Waals surface area contributed by atoms with Crippen LogP contribution in [0, 0.1) is 0 Å². The molecule has 2 aromatic rings. The fourth-order valence-electron chi connectivity index (χ4n) is 3.53. The molecule has 5 nitrogen and oxygen atoms in total. The lowest BCUT2D eigenvalue weighted by atomic mass is 9.89. The van der Waals surface area contributed by atoms with Crippen LogP contribution in [0.1, 0.15) is 18.4 Å². The molecule has 0 unspecified atom stereocenters. The highest BCUT2D eigenvalue weighted by molar-refractivity contribution is 7.07. The van der Waals surface area contributed by atoms with Crippen molar-refractivity contribution in [3.63, 3.8) is 0 Å². The second-order valence-corrected chi connectivity index (χ2v) is 7.19. The number of nitrogens with zero attached hydrogens (tertiary/aromatic N) is 4. The topological polar surface area (TPSA) is 41.5 Å². The second kappa shape index (κ2) is 6.55. The average molecular weight is 330 g/mol. The molecule has 0 aliphatic carbocycles. The van der Waals surface area contributed by atoms with Crippen molar-refractivity contribution in [2.75, 3.05) is 37.7 Å². The second-order valence-electron chi connectivity index (χ2n) is 6.41. The van der Waals surface area contributed by atoms with E-state index in [0.717, 1.165) is 58.1 Å². The maximum atomic E-state index is 6.22. The predicted octanol–water partition coefficient (Wildman–Crippen LogP) is 2.41. The third-order valence-corrected chi connectivity index (χ3v) is 5.57. The molecule has 1 spiro atoms. The summed E-state index contributed by atoms with van der Waals surface area (Å²) >= 11 is 1.78. The highest BCUT2D eigenvalue weighted by Gasteiger charge is 2.40. The highest BCUT2D eigenvalue weighted by atomic mass is 32.1. The Balaban J connectivity index is 1.38. The summed E-state index contributed by atoms with van der Waals surface area (Å²) < 4.78 is 6.22. The molecule has 0 radical (unpaired) electrons. The Bertz CT molecular complexity index is 611. The van der Waals surface area contributed by atoms with Gasteiger partial charge in [0, 0.05) is 38.6 Å². The molecule has 0 saturated carbocycles. The number of hydrogen-bond acceptors (Lipinski definition) is 6. The van der Waals surface area contributed by atoms with Gasteiger partial charge in [0.15, 0.2) is 0 Å². The third kappa shape index (κ3) is 3.39.